The van der Waals surface area contributed by atoms with Gasteiger partial charge in [0, 0.05) is 31.7 Å². The van der Waals surface area contributed by atoms with Gasteiger partial charge in [0.05, 0.1) is 5.69 Å². The summed E-state index contributed by atoms with van der Waals surface area (Å²) in [6.45, 7) is 11.2. The molecule has 0 radical (unpaired) electrons. The summed E-state index contributed by atoms with van der Waals surface area (Å²) in [5, 5.41) is 8.96. The minimum Gasteiger partial charge on any atom is -0.484 e. The van der Waals surface area contributed by atoms with Crippen LogP contribution in [0.5, 0.6) is 5.75 Å². The molecule has 1 saturated heterocycles. The lowest BCUT2D eigenvalue weighted by atomic mass is 9.99. The van der Waals surface area contributed by atoms with E-state index in [1.54, 1.807) is 0 Å². The van der Waals surface area contributed by atoms with Gasteiger partial charge >= 0.3 is 0 Å². The molecule has 166 valence electrons. The molecular formula is C26H30N4O2. The topological polar surface area (TPSA) is 58.6 Å². The van der Waals surface area contributed by atoms with Gasteiger partial charge in [-0.3, -0.25) is 4.79 Å². The number of ether oxygens (including phenoxy) is 1. The number of anilines is 1. The van der Waals surface area contributed by atoms with Crippen molar-refractivity contribution in [3.8, 4) is 17.0 Å². The van der Waals surface area contributed by atoms with Gasteiger partial charge in [0.25, 0.3) is 5.91 Å². The van der Waals surface area contributed by atoms with Gasteiger partial charge in [0.1, 0.15) is 5.75 Å². The van der Waals surface area contributed by atoms with Crippen molar-refractivity contribution in [1.82, 2.24) is 15.1 Å². The normalized spacial score (nSPS) is 13.9. The molecule has 6 heteroatoms. The molecule has 6 nitrogen and oxygen atoms in total. The summed E-state index contributed by atoms with van der Waals surface area (Å²) >= 11 is 0. The molecule has 0 aliphatic carbocycles. The van der Waals surface area contributed by atoms with Gasteiger partial charge in [-0.1, -0.05) is 23.8 Å². The molecule has 2 aromatic carbocycles. The quantitative estimate of drug-likeness (QED) is 0.610. The fourth-order valence-corrected chi connectivity index (χ4v) is 3.93. The number of amides is 1. The highest BCUT2D eigenvalue weighted by atomic mass is 16.5. The zero-order chi connectivity index (χ0) is 22.7. The van der Waals surface area contributed by atoms with Crippen molar-refractivity contribution in [2.75, 3.05) is 37.7 Å². The molecule has 32 heavy (non-hydrogen) atoms. The Labute approximate surface area is 189 Å². The van der Waals surface area contributed by atoms with E-state index in [1.807, 2.05) is 48.2 Å². The first-order chi connectivity index (χ1) is 15.4. The van der Waals surface area contributed by atoms with Crippen LogP contribution >= 0.6 is 0 Å². The van der Waals surface area contributed by atoms with Crippen LogP contribution in [0, 0.1) is 27.7 Å². The Kier molecular flexibility index (Phi) is 6.40. The maximum atomic E-state index is 12.5. The SMILES string of the molecule is Cc1ccc(OCC(=O)N2CCN(c3ccc(-c4cc(C)c(C)cc4C)nn3)CC2)cc1. The molecule has 0 atom stereocenters. The van der Waals surface area contributed by atoms with Crippen molar-refractivity contribution in [3.63, 3.8) is 0 Å². The highest BCUT2D eigenvalue weighted by Gasteiger charge is 2.22. The summed E-state index contributed by atoms with van der Waals surface area (Å²) in [6.07, 6.45) is 0. The first-order valence-corrected chi connectivity index (χ1v) is 11.0. The lowest BCUT2D eigenvalue weighted by molar-refractivity contribution is -0.133. The van der Waals surface area contributed by atoms with E-state index in [9.17, 15) is 4.79 Å². The van der Waals surface area contributed by atoms with Crippen LogP contribution in [0.4, 0.5) is 5.82 Å². The van der Waals surface area contributed by atoms with Gasteiger partial charge in [-0.05, 0) is 74.7 Å². The van der Waals surface area contributed by atoms with Crippen molar-refractivity contribution in [3.05, 3.63) is 70.8 Å². The van der Waals surface area contributed by atoms with E-state index < -0.39 is 0 Å². The number of aromatic nitrogens is 2. The van der Waals surface area contributed by atoms with E-state index >= 15 is 0 Å². The fourth-order valence-electron chi connectivity index (χ4n) is 3.93. The molecule has 0 saturated carbocycles. The lowest BCUT2D eigenvalue weighted by Crippen LogP contribution is -2.50. The minimum atomic E-state index is 0.0110. The number of rotatable bonds is 5. The number of nitrogens with zero attached hydrogens (tertiary/aromatic N) is 4. The molecule has 0 N–H and O–H groups in total. The van der Waals surface area contributed by atoms with Gasteiger partial charge in [-0.25, -0.2) is 0 Å². The van der Waals surface area contributed by atoms with Gasteiger partial charge in [0.2, 0.25) is 0 Å². The Morgan fingerprint density at radius 3 is 2.19 bits per heavy atom. The number of aryl methyl sites for hydroxylation is 4. The van der Waals surface area contributed by atoms with Gasteiger partial charge in [-0.2, -0.15) is 0 Å². The molecule has 0 bridgehead atoms. The van der Waals surface area contributed by atoms with Crippen molar-refractivity contribution >= 4 is 11.7 Å². The van der Waals surface area contributed by atoms with Gasteiger partial charge in [0.15, 0.2) is 12.4 Å². The molecule has 0 spiro atoms. The number of benzene rings is 2. The van der Waals surface area contributed by atoms with E-state index in [0.29, 0.717) is 13.1 Å². The lowest BCUT2D eigenvalue weighted by Gasteiger charge is -2.35. The molecule has 1 aliphatic heterocycles. The molecule has 1 amide bonds. The summed E-state index contributed by atoms with van der Waals surface area (Å²) in [4.78, 5) is 16.5. The van der Waals surface area contributed by atoms with E-state index in [2.05, 4.69) is 48.0 Å². The first kappa shape index (κ1) is 21.8. The number of carbonyl (C=O) groups is 1. The van der Waals surface area contributed by atoms with Crippen LogP contribution in [-0.2, 0) is 4.79 Å². The Morgan fingerprint density at radius 1 is 0.844 bits per heavy atom. The maximum Gasteiger partial charge on any atom is 0.260 e. The zero-order valence-electron chi connectivity index (χ0n) is 19.3. The van der Waals surface area contributed by atoms with Crippen LogP contribution in [-0.4, -0.2) is 53.8 Å². The smallest absolute Gasteiger partial charge is 0.260 e. The van der Waals surface area contributed by atoms with Crippen LogP contribution in [0.3, 0.4) is 0 Å². The van der Waals surface area contributed by atoms with Crippen molar-refractivity contribution in [1.29, 1.82) is 0 Å². The number of piperazine rings is 1. The van der Waals surface area contributed by atoms with E-state index in [0.717, 1.165) is 35.9 Å². The van der Waals surface area contributed by atoms with Crippen LogP contribution in [0.2, 0.25) is 0 Å². The summed E-state index contributed by atoms with van der Waals surface area (Å²) in [5.41, 5.74) is 6.92. The predicted octanol–water partition coefficient (Wildman–Crippen LogP) is 4.10. The standard InChI is InChI=1S/C26H30N4O2/c1-18-5-7-22(8-6-18)32-17-26(31)30-13-11-29(12-14-30)25-10-9-24(27-28-25)23-16-20(3)19(2)15-21(23)4/h5-10,15-16H,11-14,17H2,1-4H3. The second-order valence-corrected chi connectivity index (χ2v) is 8.50. The number of carbonyl (C=O) groups excluding carboxylic acids is 1. The Balaban J connectivity index is 1.32. The molecule has 4 rings (SSSR count). The summed E-state index contributed by atoms with van der Waals surface area (Å²) in [6, 6.07) is 16.2. The third-order valence-corrected chi connectivity index (χ3v) is 6.11. The van der Waals surface area contributed by atoms with E-state index in [-0.39, 0.29) is 12.5 Å². The van der Waals surface area contributed by atoms with Crippen molar-refractivity contribution < 1.29 is 9.53 Å². The Hall–Kier alpha value is -3.41. The average Bonchev–Trinajstić information content (AvgIpc) is 2.81. The summed E-state index contributed by atoms with van der Waals surface area (Å²) in [5.74, 6) is 1.58. The molecule has 2 heterocycles. The zero-order valence-corrected chi connectivity index (χ0v) is 19.3. The third kappa shape index (κ3) is 4.90. The first-order valence-electron chi connectivity index (χ1n) is 11.0. The fraction of sp³-hybridized carbons (Fsp3) is 0.346. The van der Waals surface area contributed by atoms with Crippen LogP contribution in [0.1, 0.15) is 22.3 Å². The average molecular weight is 431 g/mol. The van der Waals surface area contributed by atoms with E-state index in [4.69, 9.17) is 4.74 Å². The van der Waals surface area contributed by atoms with Crippen molar-refractivity contribution in [2.24, 2.45) is 0 Å². The molecule has 0 unspecified atom stereocenters. The molecular weight excluding hydrogens is 400 g/mol. The Bertz CT molecular complexity index is 1090. The maximum absolute atomic E-state index is 12.5. The third-order valence-electron chi connectivity index (χ3n) is 6.11. The van der Waals surface area contributed by atoms with Crippen LogP contribution in [0.25, 0.3) is 11.3 Å². The van der Waals surface area contributed by atoms with Gasteiger partial charge < -0.3 is 14.5 Å². The van der Waals surface area contributed by atoms with Gasteiger partial charge in [-0.15, -0.1) is 10.2 Å². The van der Waals surface area contributed by atoms with E-state index in [1.165, 1.54) is 22.3 Å². The highest BCUT2D eigenvalue weighted by molar-refractivity contribution is 5.78. The molecule has 1 fully saturated rings. The van der Waals surface area contributed by atoms with Crippen LogP contribution < -0.4 is 9.64 Å². The second kappa shape index (κ2) is 9.39. The van der Waals surface area contributed by atoms with Crippen LogP contribution in [0.15, 0.2) is 48.5 Å². The number of hydrogen-bond acceptors (Lipinski definition) is 5. The Morgan fingerprint density at radius 2 is 1.53 bits per heavy atom. The summed E-state index contributed by atoms with van der Waals surface area (Å²) in [7, 11) is 0. The summed E-state index contributed by atoms with van der Waals surface area (Å²) < 4.78 is 5.64. The minimum absolute atomic E-state index is 0.0110. The second-order valence-electron chi connectivity index (χ2n) is 8.50. The molecule has 3 aromatic rings. The van der Waals surface area contributed by atoms with Crippen molar-refractivity contribution in [2.45, 2.75) is 27.7 Å². The largest absolute Gasteiger partial charge is 0.484 e. The highest BCUT2D eigenvalue weighted by Crippen LogP contribution is 2.25. The molecule has 1 aliphatic rings. The number of hydrogen-bond donors (Lipinski definition) is 0. The molecule has 1 aromatic heterocycles. The predicted molar refractivity (Wildman–Crippen MR) is 127 cm³/mol. The monoisotopic (exact) mass is 430 g/mol.